The van der Waals surface area contributed by atoms with Crippen molar-refractivity contribution in [3.8, 4) is 11.5 Å². The van der Waals surface area contributed by atoms with E-state index in [0.29, 0.717) is 22.7 Å². The van der Waals surface area contributed by atoms with Gasteiger partial charge in [0.2, 0.25) is 0 Å². The number of fused-ring (bicyclic) bond motifs is 1. The number of aromatic nitrogens is 2. The number of aryl methyl sites for hydroxylation is 2. The molecular weight excluding hydrogens is 322 g/mol. The van der Waals surface area contributed by atoms with Crippen LogP contribution in [0.4, 0.5) is 5.69 Å². The van der Waals surface area contributed by atoms with Crippen LogP contribution in [-0.4, -0.2) is 29.3 Å². The van der Waals surface area contributed by atoms with Crippen molar-refractivity contribution < 1.29 is 14.3 Å². The summed E-state index contributed by atoms with van der Waals surface area (Å²) in [4.78, 5) is 24.6. The molecule has 2 aromatic carbocycles. The molecule has 3 aromatic rings. The number of methoxy groups -OCH3 is 2. The number of benzene rings is 2. The van der Waals surface area contributed by atoms with Crippen LogP contribution in [0.5, 0.6) is 11.5 Å². The lowest BCUT2D eigenvalue weighted by atomic mass is 10.1. The van der Waals surface area contributed by atoms with Gasteiger partial charge >= 0.3 is 5.69 Å². The lowest BCUT2D eigenvalue weighted by Gasteiger charge is -2.12. The minimum atomic E-state index is -0.323. The first kappa shape index (κ1) is 16.6. The Morgan fingerprint density at radius 3 is 2.40 bits per heavy atom. The number of rotatable bonds is 4. The van der Waals surface area contributed by atoms with E-state index >= 15 is 0 Å². The number of anilines is 1. The van der Waals surface area contributed by atoms with E-state index in [0.717, 1.165) is 11.0 Å². The van der Waals surface area contributed by atoms with Gasteiger partial charge in [-0.3, -0.25) is 13.9 Å². The third-order valence-electron chi connectivity index (χ3n) is 4.18. The highest BCUT2D eigenvalue weighted by Gasteiger charge is 2.17. The Labute approximate surface area is 144 Å². The lowest BCUT2D eigenvalue weighted by Crippen LogP contribution is -2.19. The second-order valence-electron chi connectivity index (χ2n) is 5.60. The van der Waals surface area contributed by atoms with Crippen molar-refractivity contribution >= 4 is 22.6 Å². The molecule has 0 aliphatic heterocycles. The number of ether oxygens (including phenoxy) is 2. The molecule has 7 nitrogen and oxygen atoms in total. The predicted molar refractivity (Wildman–Crippen MR) is 95.7 cm³/mol. The molecule has 0 radical (unpaired) electrons. The Morgan fingerprint density at radius 2 is 1.72 bits per heavy atom. The van der Waals surface area contributed by atoms with Crippen LogP contribution in [0.25, 0.3) is 11.0 Å². The highest BCUT2D eigenvalue weighted by Crippen LogP contribution is 2.31. The Balaban J connectivity index is 1.98. The van der Waals surface area contributed by atoms with Crippen LogP contribution in [0.1, 0.15) is 10.4 Å². The molecule has 1 amide bonds. The number of para-hydroxylation sites is 1. The van der Waals surface area contributed by atoms with E-state index < -0.39 is 0 Å². The normalized spacial score (nSPS) is 10.7. The molecule has 25 heavy (non-hydrogen) atoms. The molecule has 0 bridgehead atoms. The quantitative estimate of drug-likeness (QED) is 0.789. The monoisotopic (exact) mass is 341 g/mol. The van der Waals surface area contributed by atoms with Crippen molar-refractivity contribution in [3.63, 3.8) is 0 Å². The first-order valence-corrected chi connectivity index (χ1v) is 7.65. The Morgan fingerprint density at radius 1 is 1.00 bits per heavy atom. The molecule has 1 N–H and O–H groups in total. The molecule has 1 heterocycles. The van der Waals surface area contributed by atoms with E-state index in [4.69, 9.17) is 9.47 Å². The van der Waals surface area contributed by atoms with E-state index in [1.54, 1.807) is 55.1 Å². The summed E-state index contributed by atoms with van der Waals surface area (Å²) in [5, 5.41) is 2.83. The second-order valence-corrected chi connectivity index (χ2v) is 5.60. The SMILES string of the molecule is COc1cccc(C(=O)Nc2ccc3c(c2)n(C)c(=O)n3C)c1OC. The van der Waals surface area contributed by atoms with Crippen molar-refractivity contribution in [3.05, 3.63) is 52.4 Å². The molecular formula is C18H19N3O4. The molecule has 0 spiro atoms. The number of hydrogen-bond acceptors (Lipinski definition) is 4. The maximum Gasteiger partial charge on any atom is 0.328 e. The van der Waals surface area contributed by atoms with E-state index in [-0.39, 0.29) is 11.6 Å². The van der Waals surface area contributed by atoms with Crippen LogP contribution in [-0.2, 0) is 14.1 Å². The van der Waals surface area contributed by atoms with Gasteiger partial charge in [-0.05, 0) is 30.3 Å². The molecule has 3 rings (SSSR count). The third-order valence-corrected chi connectivity index (χ3v) is 4.18. The molecule has 0 unspecified atom stereocenters. The smallest absolute Gasteiger partial charge is 0.328 e. The van der Waals surface area contributed by atoms with Gasteiger partial charge in [-0.25, -0.2) is 4.79 Å². The number of nitrogens with one attached hydrogen (secondary N) is 1. The molecule has 0 saturated heterocycles. The molecule has 7 heteroatoms. The zero-order chi connectivity index (χ0) is 18.1. The van der Waals surface area contributed by atoms with Gasteiger partial charge in [0.1, 0.15) is 0 Å². The lowest BCUT2D eigenvalue weighted by molar-refractivity contribution is 0.102. The average Bonchev–Trinajstić information content (AvgIpc) is 2.85. The molecule has 0 aliphatic carbocycles. The van der Waals surface area contributed by atoms with Crippen LogP contribution in [0.3, 0.4) is 0 Å². The summed E-state index contributed by atoms with van der Waals surface area (Å²) < 4.78 is 13.6. The number of carbonyl (C=O) groups excluding carboxylic acids is 1. The molecule has 0 saturated carbocycles. The zero-order valence-electron chi connectivity index (χ0n) is 14.5. The van der Waals surface area contributed by atoms with Crippen LogP contribution < -0.4 is 20.5 Å². The Hall–Kier alpha value is -3.22. The summed E-state index contributed by atoms with van der Waals surface area (Å²) in [5.41, 5.74) is 2.37. The summed E-state index contributed by atoms with van der Waals surface area (Å²) in [6.07, 6.45) is 0. The van der Waals surface area contributed by atoms with Gasteiger partial charge in [-0.2, -0.15) is 0 Å². The van der Waals surface area contributed by atoms with E-state index in [1.165, 1.54) is 18.8 Å². The molecule has 0 fully saturated rings. The second kappa shape index (κ2) is 6.35. The van der Waals surface area contributed by atoms with E-state index in [2.05, 4.69) is 5.32 Å². The first-order chi connectivity index (χ1) is 12.0. The minimum Gasteiger partial charge on any atom is -0.493 e. The van der Waals surface area contributed by atoms with E-state index in [9.17, 15) is 9.59 Å². The summed E-state index contributed by atoms with van der Waals surface area (Å²) >= 11 is 0. The summed E-state index contributed by atoms with van der Waals surface area (Å²) in [6, 6.07) is 10.4. The largest absolute Gasteiger partial charge is 0.493 e. The molecule has 1 aromatic heterocycles. The van der Waals surface area contributed by atoms with Gasteiger partial charge in [0.25, 0.3) is 5.91 Å². The number of nitrogens with zero attached hydrogens (tertiary/aromatic N) is 2. The fraction of sp³-hybridized carbons (Fsp3) is 0.222. The zero-order valence-corrected chi connectivity index (χ0v) is 14.5. The first-order valence-electron chi connectivity index (χ1n) is 7.65. The number of imidazole rings is 1. The van der Waals surface area contributed by atoms with Crippen molar-refractivity contribution in [1.29, 1.82) is 0 Å². The van der Waals surface area contributed by atoms with E-state index in [1.807, 2.05) is 0 Å². The van der Waals surface area contributed by atoms with Gasteiger partial charge in [0.15, 0.2) is 11.5 Å². The topological polar surface area (TPSA) is 74.5 Å². The maximum absolute atomic E-state index is 12.6. The average molecular weight is 341 g/mol. The van der Waals surface area contributed by atoms with Gasteiger partial charge in [0.05, 0.1) is 30.8 Å². The van der Waals surface area contributed by atoms with Gasteiger partial charge in [-0.1, -0.05) is 6.07 Å². The minimum absolute atomic E-state index is 0.118. The Bertz CT molecular complexity index is 1020. The summed E-state index contributed by atoms with van der Waals surface area (Å²) in [7, 11) is 6.41. The van der Waals surface area contributed by atoms with Crippen molar-refractivity contribution in [2.45, 2.75) is 0 Å². The molecule has 130 valence electrons. The van der Waals surface area contributed by atoms with Crippen molar-refractivity contribution in [1.82, 2.24) is 9.13 Å². The molecule has 0 atom stereocenters. The Kier molecular flexibility index (Phi) is 4.22. The number of carbonyl (C=O) groups is 1. The van der Waals surface area contributed by atoms with Crippen molar-refractivity contribution in [2.75, 3.05) is 19.5 Å². The van der Waals surface area contributed by atoms with Gasteiger partial charge < -0.3 is 14.8 Å². The van der Waals surface area contributed by atoms with Gasteiger partial charge in [0, 0.05) is 19.8 Å². The fourth-order valence-electron chi connectivity index (χ4n) is 2.85. The molecule has 0 aliphatic rings. The number of amides is 1. The van der Waals surface area contributed by atoms with Crippen LogP contribution >= 0.6 is 0 Å². The fourth-order valence-corrected chi connectivity index (χ4v) is 2.85. The highest BCUT2D eigenvalue weighted by atomic mass is 16.5. The summed E-state index contributed by atoms with van der Waals surface area (Å²) in [5.74, 6) is 0.530. The number of hydrogen-bond donors (Lipinski definition) is 1. The van der Waals surface area contributed by atoms with Crippen LogP contribution in [0, 0.1) is 0 Å². The van der Waals surface area contributed by atoms with Crippen molar-refractivity contribution in [2.24, 2.45) is 14.1 Å². The third kappa shape index (κ3) is 2.73. The maximum atomic E-state index is 12.6. The van der Waals surface area contributed by atoms with Gasteiger partial charge in [-0.15, -0.1) is 0 Å². The highest BCUT2D eigenvalue weighted by molar-refractivity contribution is 6.07. The van der Waals surface area contributed by atoms with Crippen LogP contribution in [0.15, 0.2) is 41.2 Å². The predicted octanol–water partition coefficient (Wildman–Crippen LogP) is 2.15. The van der Waals surface area contributed by atoms with Crippen LogP contribution in [0.2, 0.25) is 0 Å². The standard InChI is InChI=1S/C18H19N3O4/c1-20-13-9-8-11(10-14(13)21(2)18(20)23)19-17(22)12-6-5-7-15(24-3)16(12)25-4/h5-10H,1-4H3,(H,19,22). The summed E-state index contributed by atoms with van der Waals surface area (Å²) in [6.45, 7) is 0.